The van der Waals surface area contributed by atoms with E-state index in [1.165, 1.54) is 23.8 Å². The van der Waals surface area contributed by atoms with Gasteiger partial charge in [0.25, 0.3) is 0 Å². The van der Waals surface area contributed by atoms with Crippen LogP contribution in [0.5, 0.6) is 0 Å². The van der Waals surface area contributed by atoms with E-state index in [0.717, 1.165) is 19.3 Å². The molecule has 0 amide bonds. The van der Waals surface area contributed by atoms with Crippen LogP contribution in [0.4, 0.5) is 10.1 Å². The van der Waals surface area contributed by atoms with Crippen molar-refractivity contribution >= 4 is 11.7 Å². The van der Waals surface area contributed by atoms with Gasteiger partial charge in [0, 0.05) is 5.69 Å². The highest BCUT2D eigenvalue weighted by molar-refractivity contribution is 5.90. The Balaban J connectivity index is 1.73. The molecule has 0 atom stereocenters. The van der Waals surface area contributed by atoms with Crippen molar-refractivity contribution in [1.82, 2.24) is 0 Å². The molecule has 2 rings (SSSR count). The number of hydrogen-bond acceptors (Lipinski definition) is 3. The van der Waals surface area contributed by atoms with Gasteiger partial charge in [-0.25, -0.2) is 9.18 Å². The number of halogens is 1. The fourth-order valence-corrected chi connectivity index (χ4v) is 2.02. The minimum Gasteiger partial charge on any atom is -0.462 e. The lowest BCUT2D eigenvalue weighted by molar-refractivity contribution is 0.0493. The molecule has 0 unspecified atom stereocenters. The van der Waals surface area contributed by atoms with Gasteiger partial charge < -0.3 is 10.5 Å². The maximum atomic E-state index is 13.5. The number of benzene rings is 2. The standard InChI is InChI=1S/C17H18FNO2/c18-16-10-9-14(19)12-15(16)17(20)21-11-5-4-8-13-6-2-1-3-7-13/h1-3,6-7,9-10,12H,4-5,8,11,19H2. The predicted molar refractivity (Wildman–Crippen MR) is 80.5 cm³/mol. The van der Waals surface area contributed by atoms with Gasteiger partial charge >= 0.3 is 5.97 Å². The highest BCUT2D eigenvalue weighted by Gasteiger charge is 2.13. The lowest BCUT2D eigenvalue weighted by Gasteiger charge is -2.06. The SMILES string of the molecule is Nc1ccc(F)c(C(=O)OCCCCc2ccccc2)c1. The summed E-state index contributed by atoms with van der Waals surface area (Å²) in [7, 11) is 0. The van der Waals surface area contributed by atoms with E-state index in [-0.39, 0.29) is 12.2 Å². The number of aryl methyl sites for hydroxylation is 1. The molecule has 2 aromatic carbocycles. The number of nitrogens with two attached hydrogens (primary N) is 1. The summed E-state index contributed by atoms with van der Waals surface area (Å²) in [5.41, 5.74) is 7.01. The average Bonchev–Trinajstić information content (AvgIpc) is 2.50. The Morgan fingerprint density at radius 1 is 1.10 bits per heavy atom. The van der Waals surface area contributed by atoms with Gasteiger partial charge in [0.15, 0.2) is 0 Å². The van der Waals surface area contributed by atoms with E-state index < -0.39 is 11.8 Å². The highest BCUT2D eigenvalue weighted by Crippen LogP contribution is 2.13. The zero-order valence-corrected chi connectivity index (χ0v) is 11.7. The molecule has 0 spiro atoms. The smallest absolute Gasteiger partial charge is 0.341 e. The third kappa shape index (κ3) is 4.60. The maximum Gasteiger partial charge on any atom is 0.341 e. The summed E-state index contributed by atoms with van der Waals surface area (Å²) in [5, 5.41) is 0. The molecule has 0 heterocycles. The van der Waals surface area contributed by atoms with Crippen LogP contribution in [0.25, 0.3) is 0 Å². The number of rotatable bonds is 6. The molecular weight excluding hydrogens is 269 g/mol. The fourth-order valence-electron chi connectivity index (χ4n) is 2.02. The van der Waals surface area contributed by atoms with Gasteiger partial charge in [-0.2, -0.15) is 0 Å². The first kappa shape index (κ1) is 15.0. The van der Waals surface area contributed by atoms with Gasteiger partial charge in [-0.1, -0.05) is 30.3 Å². The molecule has 0 radical (unpaired) electrons. The number of hydrogen-bond donors (Lipinski definition) is 1. The molecule has 0 fully saturated rings. The van der Waals surface area contributed by atoms with Crippen LogP contribution < -0.4 is 5.73 Å². The largest absolute Gasteiger partial charge is 0.462 e. The summed E-state index contributed by atoms with van der Waals surface area (Å²) in [6.45, 7) is 0.278. The highest BCUT2D eigenvalue weighted by atomic mass is 19.1. The van der Waals surface area contributed by atoms with Crippen LogP contribution >= 0.6 is 0 Å². The molecule has 0 aliphatic rings. The monoisotopic (exact) mass is 287 g/mol. The molecule has 0 saturated carbocycles. The van der Waals surface area contributed by atoms with Crippen LogP contribution in [-0.2, 0) is 11.2 Å². The Kier molecular flexibility index (Phi) is 5.32. The maximum absolute atomic E-state index is 13.5. The minimum atomic E-state index is -0.667. The molecule has 2 N–H and O–H groups in total. The molecule has 0 aliphatic heterocycles. The molecule has 21 heavy (non-hydrogen) atoms. The van der Waals surface area contributed by atoms with Crippen molar-refractivity contribution in [2.75, 3.05) is 12.3 Å². The molecule has 110 valence electrons. The van der Waals surface area contributed by atoms with E-state index in [9.17, 15) is 9.18 Å². The van der Waals surface area contributed by atoms with E-state index >= 15 is 0 Å². The Morgan fingerprint density at radius 3 is 2.62 bits per heavy atom. The Morgan fingerprint density at radius 2 is 1.86 bits per heavy atom. The number of ether oxygens (including phenoxy) is 1. The van der Waals surface area contributed by atoms with Gasteiger partial charge in [0.05, 0.1) is 12.2 Å². The number of esters is 1. The van der Waals surface area contributed by atoms with Crippen LogP contribution in [0.1, 0.15) is 28.8 Å². The first-order valence-corrected chi connectivity index (χ1v) is 6.93. The van der Waals surface area contributed by atoms with Crippen LogP contribution in [0.3, 0.4) is 0 Å². The Bertz CT molecular complexity index is 599. The number of nitrogen functional groups attached to an aromatic ring is 1. The fraction of sp³-hybridized carbons (Fsp3) is 0.235. The molecular formula is C17H18FNO2. The summed E-state index contributed by atoms with van der Waals surface area (Å²) in [5.74, 6) is -1.28. The first-order valence-electron chi connectivity index (χ1n) is 6.93. The van der Waals surface area contributed by atoms with Crippen LogP contribution in [0.15, 0.2) is 48.5 Å². The van der Waals surface area contributed by atoms with Gasteiger partial charge in [0.2, 0.25) is 0 Å². The van der Waals surface area contributed by atoms with Gasteiger partial charge in [-0.05, 0) is 43.0 Å². The van der Waals surface area contributed by atoms with Crippen LogP contribution in [0, 0.1) is 5.82 Å². The van der Waals surface area contributed by atoms with Gasteiger partial charge in [-0.3, -0.25) is 0 Å². The van der Waals surface area contributed by atoms with E-state index in [2.05, 4.69) is 12.1 Å². The number of carbonyl (C=O) groups is 1. The van der Waals surface area contributed by atoms with Crippen molar-refractivity contribution in [3.63, 3.8) is 0 Å². The zero-order valence-electron chi connectivity index (χ0n) is 11.7. The second-order valence-electron chi connectivity index (χ2n) is 4.82. The molecule has 0 saturated heterocycles. The van der Waals surface area contributed by atoms with Crippen molar-refractivity contribution in [2.45, 2.75) is 19.3 Å². The van der Waals surface area contributed by atoms with Crippen LogP contribution in [-0.4, -0.2) is 12.6 Å². The topological polar surface area (TPSA) is 52.3 Å². The Hall–Kier alpha value is -2.36. The average molecular weight is 287 g/mol. The minimum absolute atomic E-state index is 0.113. The van der Waals surface area contributed by atoms with Gasteiger partial charge in [0.1, 0.15) is 5.82 Å². The second-order valence-corrected chi connectivity index (χ2v) is 4.82. The summed E-state index contributed by atoms with van der Waals surface area (Å²) < 4.78 is 18.5. The lowest BCUT2D eigenvalue weighted by atomic mass is 10.1. The normalized spacial score (nSPS) is 10.3. The molecule has 0 bridgehead atoms. The molecule has 0 aromatic heterocycles. The third-order valence-electron chi connectivity index (χ3n) is 3.15. The van der Waals surface area contributed by atoms with Crippen molar-refractivity contribution in [3.8, 4) is 0 Å². The molecule has 0 aliphatic carbocycles. The van der Waals surface area contributed by atoms with E-state index in [1.807, 2.05) is 18.2 Å². The number of unbranched alkanes of at least 4 members (excludes halogenated alkanes) is 1. The predicted octanol–water partition coefficient (Wildman–Crippen LogP) is 3.59. The van der Waals surface area contributed by atoms with Crippen LogP contribution in [0.2, 0.25) is 0 Å². The zero-order chi connectivity index (χ0) is 15.1. The van der Waals surface area contributed by atoms with Crippen molar-refractivity contribution in [2.24, 2.45) is 0 Å². The molecule has 3 nitrogen and oxygen atoms in total. The van der Waals surface area contributed by atoms with Crippen molar-refractivity contribution in [3.05, 3.63) is 65.5 Å². The first-order chi connectivity index (χ1) is 10.2. The molecule has 2 aromatic rings. The Labute approximate surface area is 123 Å². The van der Waals surface area contributed by atoms with Gasteiger partial charge in [-0.15, -0.1) is 0 Å². The van der Waals surface area contributed by atoms with E-state index in [4.69, 9.17) is 10.5 Å². The number of carbonyl (C=O) groups excluding carboxylic acids is 1. The molecule has 4 heteroatoms. The van der Waals surface area contributed by atoms with E-state index in [1.54, 1.807) is 0 Å². The third-order valence-corrected chi connectivity index (χ3v) is 3.15. The lowest BCUT2D eigenvalue weighted by Crippen LogP contribution is -2.09. The quantitative estimate of drug-likeness (QED) is 0.502. The number of anilines is 1. The van der Waals surface area contributed by atoms with E-state index in [0.29, 0.717) is 5.69 Å². The van der Waals surface area contributed by atoms with Crippen molar-refractivity contribution < 1.29 is 13.9 Å². The second kappa shape index (κ2) is 7.43. The summed E-state index contributed by atoms with van der Waals surface area (Å²) in [6, 6.07) is 14.0. The summed E-state index contributed by atoms with van der Waals surface area (Å²) in [6.07, 6.45) is 2.59. The van der Waals surface area contributed by atoms with Crippen molar-refractivity contribution in [1.29, 1.82) is 0 Å². The summed E-state index contributed by atoms with van der Waals surface area (Å²) >= 11 is 0. The summed E-state index contributed by atoms with van der Waals surface area (Å²) in [4.78, 5) is 11.7.